The molecule has 0 saturated heterocycles. The second-order valence-corrected chi connectivity index (χ2v) is 2.98. The molecule has 0 aromatic heterocycles. The van der Waals surface area contributed by atoms with Crippen LogP contribution >= 0.6 is 0 Å². The van der Waals surface area contributed by atoms with Crippen LogP contribution in [0, 0.1) is 23.7 Å². The Morgan fingerprint density at radius 1 is 1.12 bits per heavy atom. The predicted octanol–water partition coefficient (Wildman–Crippen LogP) is 0.596. The topological polar surface area (TPSA) is 52.6 Å². The molecule has 0 N–H and O–H groups in total. The van der Waals surface area contributed by atoms with Gasteiger partial charge in [0.2, 0.25) is 0 Å². The molecule has 0 aliphatic heterocycles. The van der Waals surface area contributed by atoms with E-state index in [4.69, 9.17) is 0 Å². The zero-order chi connectivity index (χ0) is 12.7. The van der Waals surface area contributed by atoms with Gasteiger partial charge in [-0.05, 0) is 12.5 Å². The van der Waals surface area contributed by atoms with Crippen molar-refractivity contribution in [2.45, 2.75) is 6.42 Å². The Morgan fingerprint density at radius 2 is 1.71 bits per heavy atom. The summed E-state index contributed by atoms with van der Waals surface area (Å²) in [5.74, 6) is 8.69. The van der Waals surface area contributed by atoms with Crippen molar-refractivity contribution in [1.29, 1.82) is 0 Å². The first-order chi connectivity index (χ1) is 8.17. The van der Waals surface area contributed by atoms with Crippen molar-refractivity contribution >= 4 is 11.9 Å². The van der Waals surface area contributed by atoms with Gasteiger partial charge in [0.05, 0.1) is 14.2 Å². The summed E-state index contributed by atoms with van der Waals surface area (Å²) in [6.07, 6.45) is 4.19. The first kappa shape index (κ1) is 12.6. The van der Waals surface area contributed by atoms with Crippen molar-refractivity contribution in [1.82, 2.24) is 0 Å². The lowest BCUT2D eigenvalue weighted by atomic mass is 10.1. The smallest absolute Gasteiger partial charge is 0.384 e. The molecule has 86 valence electrons. The number of ether oxygens (including phenoxy) is 2. The maximum absolute atomic E-state index is 10.8. The molecule has 0 atom stereocenters. The van der Waals surface area contributed by atoms with Gasteiger partial charge in [0.1, 0.15) is 0 Å². The third-order valence-corrected chi connectivity index (χ3v) is 1.92. The number of carbonyl (C=O) groups excluding carboxylic acids is 2. The van der Waals surface area contributed by atoms with E-state index < -0.39 is 11.9 Å². The van der Waals surface area contributed by atoms with E-state index in [-0.39, 0.29) is 0 Å². The van der Waals surface area contributed by atoms with Crippen molar-refractivity contribution in [2.75, 3.05) is 14.2 Å². The molecule has 17 heavy (non-hydrogen) atoms. The van der Waals surface area contributed by atoms with Crippen LogP contribution in [0.4, 0.5) is 0 Å². The molecular formula is C13H10O4. The predicted molar refractivity (Wildman–Crippen MR) is 60.4 cm³/mol. The summed E-state index contributed by atoms with van der Waals surface area (Å²) in [6.45, 7) is 0. The first-order valence-electron chi connectivity index (χ1n) is 4.77. The number of allylic oxidation sites excluding steroid dienone is 4. The van der Waals surface area contributed by atoms with Crippen molar-refractivity contribution < 1.29 is 19.1 Å². The molecule has 4 heteroatoms. The normalized spacial score (nSPS) is 12.1. The molecule has 0 aromatic carbocycles. The Labute approximate surface area is 99.3 Å². The molecule has 1 aliphatic rings. The second-order valence-electron chi connectivity index (χ2n) is 2.98. The van der Waals surface area contributed by atoms with Crippen LogP contribution in [0.15, 0.2) is 23.3 Å². The number of rotatable bonds is 0. The van der Waals surface area contributed by atoms with Crippen LogP contribution in [0.3, 0.4) is 0 Å². The summed E-state index contributed by atoms with van der Waals surface area (Å²) in [7, 11) is 2.52. The van der Waals surface area contributed by atoms with E-state index in [2.05, 4.69) is 33.2 Å². The molecule has 0 saturated carbocycles. The van der Waals surface area contributed by atoms with Crippen molar-refractivity contribution in [3.05, 3.63) is 23.3 Å². The molecule has 0 fully saturated rings. The fourth-order valence-electron chi connectivity index (χ4n) is 1.09. The molecule has 0 aromatic rings. The molecular weight excluding hydrogens is 220 g/mol. The van der Waals surface area contributed by atoms with Gasteiger partial charge in [-0.25, -0.2) is 9.59 Å². The van der Waals surface area contributed by atoms with Crippen LogP contribution in [-0.4, -0.2) is 26.2 Å². The minimum absolute atomic E-state index is 0.592. The summed E-state index contributed by atoms with van der Waals surface area (Å²) in [5.41, 5.74) is 1.30. The van der Waals surface area contributed by atoms with E-state index >= 15 is 0 Å². The molecule has 4 nitrogen and oxygen atoms in total. The summed E-state index contributed by atoms with van der Waals surface area (Å²) < 4.78 is 8.79. The molecule has 0 radical (unpaired) electrons. The fourth-order valence-corrected chi connectivity index (χ4v) is 1.09. The number of hydrogen-bond donors (Lipinski definition) is 0. The van der Waals surface area contributed by atoms with E-state index in [1.165, 1.54) is 14.2 Å². The average molecular weight is 230 g/mol. The van der Waals surface area contributed by atoms with Crippen LogP contribution in [0.25, 0.3) is 0 Å². The van der Waals surface area contributed by atoms with Gasteiger partial charge in [0.15, 0.2) is 0 Å². The van der Waals surface area contributed by atoms with Gasteiger partial charge in [0, 0.05) is 23.0 Å². The molecule has 0 bridgehead atoms. The standard InChI is InChI=1S/C13H10O4/c1-16-12(14)8-6-10-4-3-5-11(10)7-9-13(15)17-2/h3-4H,5H2,1-2H3. The van der Waals surface area contributed by atoms with E-state index in [9.17, 15) is 9.59 Å². The van der Waals surface area contributed by atoms with Crippen molar-refractivity contribution in [3.63, 3.8) is 0 Å². The third kappa shape index (κ3) is 3.89. The quantitative estimate of drug-likeness (QED) is 0.347. The van der Waals surface area contributed by atoms with Crippen LogP contribution < -0.4 is 0 Å². The van der Waals surface area contributed by atoms with Crippen molar-refractivity contribution in [2.24, 2.45) is 0 Å². The Morgan fingerprint density at radius 3 is 2.29 bits per heavy atom. The molecule has 0 unspecified atom stereocenters. The van der Waals surface area contributed by atoms with Gasteiger partial charge in [-0.3, -0.25) is 0 Å². The molecule has 0 heterocycles. The lowest BCUT2D eigenvalue weighted by Crippen LogP contribution is -1.95. The average Bonchev–Trinajstić information content (AvgIpc) is 2.80. The van der Waals surface area contributed by atoms with Crippen LogP contribution in [-0.2, 0) is 19.1 Å². The Bertz CT molecular complexity index is 515. The van der Waals surface area contributed by atoms with Gasteiger partial charge < -0.3 is 9.47 Å². The SMILES string of the molecule is COC(=O)C#CC1=C(C#CC(=O)OC)CC=C1. The van der Waals surface area contributed by atoms with Crippen molar-refractivity contribution in [3.8, 4) is 23.7 Å². The zero-order valence-corrected chi connectivity index (χ0v) is 9.49. The summed E-state index contributed by atoms with van der Waals surface area (Å²) >= 11 is 0. The molecule has 1 rings (SSSR count). The van der Waals surface area contributed by atoms with Gasteiger partial charge in [-0.1, -0.05) is 17.9 Å². The fraction of sp³-hybridized carbons (Fsp3) is 0.231. The molecule has 0 spiro atoms. The lowest BCUT2D eigenvalue weighted by Gasteiger charge is -1.91. The Balaban J connectivity index is 2.88. The number of esters is 2. The van der Waals surface area contributed by atoms with Gasteiger partial charge in [-0.15, -0.1) is 0 Å². The largest absolute Gasteiger partial charge is 0.459 e. The maximum atomic E-state index is 10.8. The van der Waals surface area contributed by atoms with Crippen LogP contribution in [0.2, 0.25) is 0 Å². The highest BCUT2D eigenvalue weighted by atomic mass is 16.5. The van der Waals surface area contributed by atoms with Gasteiger partial charge >= 0.3 is 11.9 Å². The Kier molecular flexibility index (Phi) is 4.59. The van der Waals surface area contributed by atoms with Crippen LogP contribution in [0.1, 0.15) is 6.42 Å². The Hall–Kier alpha value is -2.46. The highest BCUT2D eigenvalue weighted by Crippen LogP contribution is 2.17. The summed E-state index contributed by atoms with van der Waals surface area (Å²) in [4.78, 5) is 21.7. The van der Waals surface area contributed by atoms with E-state index in [0.717, 1.165) is 0 Å². The lowest BCUT2D eigenvalue weighted by molar-refractivity contribution is -0.134. The minimum atomic E-state index is -0.613. The highest BCUT2D eigenvalue weighted by molar-refractivity contribution is 5.90. The van der Waals surface area contributed by atoms with Gasteiger partial charge in [0.25, 0.3) is 0 Å². The highest BCUT2D eigenvalue weighted by Gasteiger charge is 2.05. The zero-order valence-electron chi connectivity index (χ0n) is 9.49. The molecule has 1 aliphatic carbocycles. The van der Waals surface area contributed by atoms with E-state index in [0.29, 0.717) is 17.6 Å². The van der Waals surface area contributed by atoms with Gasteiger partial charge in [-0.2, -0.15) is 0 Å². The number of carbonyl (C=O) groups is 2. The number of methoxy groups -OCH3 is 2. The third-order valence-electron chi connectivity index (χ3n) is 1.92. The van der Waals surface area contributed by atoms with E-state index in [1.807, 2.05) is 6.08 Å². The monoisotopic (exact) mass is 230 g/mol. The molecule has 0 amide bonds. The summed E-state index contributed by atoms with van der Waals surface area (Å²) in [6, 6.07) is 0. The van der Waals surface area contributed by atoms with Crippen LogP contribution in [0.5, 0.6) is 0 Å². The number of hydrogen-bond acceptors (Lipinski definition) is 4. The summed E-state index contributed by atoms with van der Waals surface area (Å²) in [5, 5.41) is 0. The second kappa shape index (κ2) is 6.19. The first-order valence-corrected chi connectivity index (χ1v) is 4.77. The minimum Gasteiger partial charge on any atom is -0.459 e. The van der Waals surface area contributed by atoms with E-state index in [1.54, 1.807) is 6.08 Å². The maximum Gasteiger partial charge on any atom is 0.384 e.